The Labute approximate surface area is 119 Å². The molecule has 0 fully saturated rings. The maximum Gasteiger partial charge on any atom is 0.255 e. The Kier molecular flexibility index (Phi) is 1.27. The second kappa shape index (κ2) is 3.25. The van der Waals surface area contributed by atoms with E-state index in [9.17, 15) is 0 Å². The first-order valence-electron chi connectivity index (χ1n) is 7.89. The number of hydrogen-bond acceptors (Lipinski definition) is 2. The monoisotopic (exact) mass is 265 g/mol. The maximum atomic E-state index is 7.97. The van der Waals surface area contributed by atoms with E-state index in [-0.39, 0.29) is 0 Å². The van der Waals surface area contributed by atoms with Crippen LogP contribution in [0, 0.1) is 0 Å². The summed E-state index contributed by atoms with van der Waals surface area (Å²) in [5, 5.41) is 0. The lowest BCUT2D eigenvalue weighted by Crippen LogP contribution is -2.29. The largest absolute Gasteiger partial charge is 0.303 e. The first-order valence-corrected chi connectivity index (χ1v) is 6.39. The molecule has 5 rings (SSSR count). The van der Waals surface area contributed by atoms with E-state index in [1.165, 1.54) is 4.57 Å². The number of fused-ring (bicyclic) bond motifs is 7. The minimum absolute atomic E-state index is 0.600. The lowest BCUT2D eigenvalue weighted by molar-refractivity contribution is -0.671. The van der Waals surface area contributed by atoms with Gasteiger partial charge in [0.1, 0.15) is 12.1 Å². The molecule has 4 aromatic rings. The van der Waals surface area contributed by atoms with Gasteiger partial charge in [0, 0.05) is 29.5 Å². The van der Waals surface area contributed by atoms with Gasteiger partial charge in [0.2, 0.25) is 5.69 Å². The van der Waals surface area contributed by atoms with Crippen molar-refractivity contribution in [3.05, 3.63) is 48.8 Å². The fourth-order valence-electron chi connectivity index (χ4n) is 3.09. The Morgan fingerprint density at radius 1 is 1.30 bits per heavy atom. The summed E-state index contributed by atoms with van der Waals surface area (Å²) in [6.45, 7) is -1.63. The van der Waals surface area contributed by atoms with Gasteiger partial charge in [-0.1, -0.05) is 0 Å². The number of imidazole rings is 2. The smallest absolute Gasteiger partial charge is 0.255 e. The number of pyridine rings is 2. The molecule has 0 aromatic carbocycles. The SMILES string of the molecule is [2H]C([2H])([2H])n1c2cnccc2n2c[n+]3c(c12)-c1cccnc1C3. The number of nitrogens with zero attached hydrogens (tertiary/aromatic N) is 5. The van der Waals surface area contributed by atoms with Gasteiger partial charge in [-0.25, -0.2) is 4.57 Å². The summed E-state index contributed by atoms with van der Waals surface area (Å²) in [6, 6.07) is 5.70. The standard InChI is InChI=1S/C15H12N5/c1-18-13-7-16-6-4-12(13)20-9-19-8-11-10(3-2-5-17-11)14(19)15(18)20/h2-7,9H,8H2,1H3/q+1/i1D3. The molecule has 0 atom stereocenters. The maximum absolute atomic E-state index is 7.97. The summed E-state index contributed by atoms with van der Waals surface area (Å²) in [6.07, 6.45) is 6.98. The third-order valence-corrected chi connectivity index (χ3v) is 3.94. The van der Waals surface area contributed by atoms with E-state index in [4.69, 9.17) is 4.11 Å². The van der Waals surface area contributed by atoms with Gasteiger partial charge in [-0.15, -0.1) is 0 Å². The van der Waals surface area contributed by atoms with Crippen molar-refractivity contribution >= 4 is 16.7 Å². The van der Waals surface area contributed by atoms with Crippen molar-refractivity contribution in [1.82, 2.24) is 18.9 Å². The van der Waals surface area contributed by atoms with Crippen LogP contribution >= 0.6 is 0 Å². The molecular weight excluding hydrogens is 250 g/mol. The van der Waals surface area contributed by atoms with Gasteiger partial charge in [0.05, 0.1) is 17.5 Å². The fourth-order valence-corrected chi connectivity index (χ4v) is 3.09. The molecule has 0 saturated carbocycles. The number of hydrogen-bond donors (Lipinski definition) is 0. The Bertz CT molecular complexity index is 1090. The van der Waals surface area contributed by atoms with Crippen molar-refractivity contribution in [2.45, 2.75) is 6.54 Å². The average molecular weight is 265 g/mol. The molecule has 0 unspecified atom stereocenters. The van der Waals surface area contributed by atoms with E-state index >= 15 is 0 Å². The molecular formula is C15H12N5+. The van der Waals surface area contributed by atoms with E-state index in [2.05, 4.69) is 14.5 Å². The average Bonchev–Trinajstić information content (AvgIpc) is 3.12. The van der Waals surface area contributed by atoms with Gasteiger partial charge >= 0.3 is 0 Å². The second-order valence-electron chi connectivity index (χ2n) is 4.98. The molecule has 5 heterocycles. The highest BCUT2D eigenvalue weighted by molar-refractivity contribution is 5.86. The van der Waals surface area contributed by atoms with Crippen LogP contribution in [0.1, 0.15) is 9.81 Å². The summed E-state index contributed by atoms with van der Waals surface area (Å²) in [5.41, 5.74) is 4.92. The first-order chi connectivity index (χ1) is 11.1. The molecule has 0 amide bonds. The highest BCUT2D eigenvalue weighted by Gasteiger charge is 2.32. The van der Waals surface area contributed by atoms with E-state index in [0.29, 0.717) is 17.7 Å². The van der Waals surface area contributed by atoms with Crippen LogP contribution in [0.25, 0.3) is 27.9 Å². The van der Waals surface area contributed by atoms with Crippen LogP contribution < -0.4 is 4.57 Å². The van der Waals surface area contributed by atoms with E-state index in [1.54, 1.807) is 18.6 Å². The molecule has 0 N–H and O–H groups in total. The quantitative estimate of drug-likeness (QED) is 0.398. The van der Waals surface area contributed by atoms with Crippen LogP contribution in [0.4, 0.5) is 0 Å². The van der Waals surface area contributed by atoms with Crippen LogP contribution in [0.2, 0.25) is 0 Å². The van der Waals surface area contributed by atoms with Crippen molar-refractivity contribution in [1.29, 1.82) is 0 Å². The van der Waals surface area contributed by atoms with Crippen molar-refractivity contribution in [2.24, 2.45) is 6.98 Å². The molecule has 5 nitrogen and oxygen atoms in total. The molecule has 0 saturated heterocycles. The fraction of sp³-hybridized carbons (Fsp3) is 0.133. The lowest BCUT2D eigenvalue weighted by Gasteiger charge is -1.95. The highest BCUT2D eigenvalue weighted by atomic mass is 15.2. The van der Waals surface area contributed by atoms with Crippen LogP contribution in [-0.2, 0) is 13.5 Å². The number of aromatic nitrogens is 5. The molecule has 0 bridgehead atoms. The molecule has 0 spiro atoms. The van der Waals surface area contributed by atoms with E-state index in [0.717, 1.165) is 22.5 Å². The first kappa shape index (κ1) is 7.79. The van der Waals surface area contributed by atoms with Gasteiger partial charge < -0.3 is 4.57 Å². The summed E-state index contributed by atoms with van der Waals surface area (Å²) < 4.78 is 29.3. The normalized spacial score (nSPS) is 15.9. The summed E-state index contributed by atoms with van der Waals surface area (Å²) in [5.74, 6) is 0. The third kappa shape index (κ3) is 1.02. The molecule has 4 aromatic heterocycles. The third-order valence-electron chi connectivity index (χ3n) is 3.94. The number of aryl methyl sites for hydroxylation is 1. The second-order valence-corrected chi connectivity index (χ2v) is 4.98. The van der Waals surface area contributed by atoms with Crippen LogP contribution in [0.15, 0.2) is 43.1 Å². The minimum atomic E-state index is -2.29. The summed E-state index contributed by atoms with van der Waals surface area (Å²) in [7, 11) is 0. The van der Waals surface area contributed by atoms with Gasteiger partial charge in [0.25, 0.3) is 12.0 Å². The van der Waals surface area contributed by atoms with Crippen molar-refractivity contribution < 1.29 is 8.68 Å². The molecule has 0 radical (unpaired) electrons. The van der Waals surface area contributed by atoms with Crippen molar-refractivity contribution in [2.75, 3.05) is 0 Å². The van der Waals surface area contributed by atoms with E-state index < -0.39 is 6.98 Å². The van der Waals surface area contributed by atoms with Crippen LogP contribution in [-0.4, -0.2) is 18.9 Å². The minimum Gasteiger partial charge on any atom is -0.303 e. The van der Waals surface area contributed by atoms with Gasteiger partial charge in [-0.3, -0.25) is 9.97 Å². The van der Waals surface area contributed by atoms with Gasteiger partial charge in [0.15, 0.2) is 5.52 Å². The predicted octanol–water partition coefficient (Wildman–Crippen LogP) is 1.54. The van der Waals surface area contributed by atoms with Crippen LogP contribution in [0.5, 0.6) is 0 Å². The van der Waals surface area contributed by atoms with Gasteiger partial charge in [-0.05, 0) is 12.1 Å². The zero-order valence-corrected chi connectivity index (χ0v) is 10.5. The Balaban J connectivity index is 2.02. The van der Waals surface area contributed by atoms with Crippen LogP contribution in [0.3, 0.4) is 0 Å². The Hall–Kier alpha value is -2.69. The Morgan fingerprint density at radius 2 is 2.30 bits per heavy atom. The summed E-state index contributed by atoms with van der Waals surface area (Å²) in [4.78, 5) is 8.50. The van der Waals surface area contributed by atoms with Crippen molar-refractivity contribution in [3.8, 4) is 11.3 Å². The van der Waals surface area contributed by atoms with Crippen molar-refractivity contribution in [3.63, 3.8) is 0 Å². The molecule has 1 aliphatic rings. The van der Waals surface area contributed by atoms with Gasteiger partial charge in [-0.2, -0.15) is 4.40 Å². The molecule has 5 heteroatoms. The zero-order chi connectivity index (χ0) is 15.8. The molecule has 20 heavy (non-hydrogen) atoms. The molecule has 0 aliphatic carbocycles. The summed E-state index contributed by atoms with van der Waals surface area (Å²) >= 11 is 0. The zero-order valence-electron chi connectivity index (χ0n) is 13.5. The topological polar surface area (TPSA) is 39.0 Å². The Morgan fingerprint density at radius 3 is 3.25 bits per heavy atom. The highest BCUT2D eigenvalue weighted by Crippen LogP contribution is 2.31. The lowest BCUT2D eigenvalue weighted by atomic mass is 10.2. The predicted molar refractivity (Wildman–Crippen MR) is 74.2 cm³/mol. The number of rotatable bonds is 0. The molecule has 96 valence electrons. The van der Waals surface area contributed by atoms with E-state index in [1.807, 2.05) is 28.9 Å². The molecule has 1 aliphatic heterocycles.